The molecule has 7 nitrogen and oxygen atoms in total. The molecule has 2 atom stereocenters. The van der Waals surface area contributed by atoms with Crippen LogP contribution in [-0.4, -0.2) is 42.0 Å². The highest BCUT2D eigenvalue weighted by atomic mass is 32.2. The molecular formula is C19H29N3O4S. The highest BCUT2D eigenvalue weighted by Crippen LogP contribution is 2.06. The van der Waals surface area contributed by atoms with Crippen molar-refractivity contribution >= 4 is 29.7 Å². The Morgan fingerprint density at radius 1 is 1.11 bits per heavy atom. The molecule has 0 unspecified atom stereocenters. The second-order valence-electron chi connectivity index (χ2n) is 6.15. The van der Waals surface area contributed by atoms with Gasteiger partial charge in [-0.3, -0.25) is 9.59 Å². The van der Waals surface area contributed by atoms with Gasteiger partial charge < -0.3 is 21.1 Å². The Labute approximate surface area is 164 Å². The van der Waals surface area contributed by atoms with E-state index in [2.05, 4.69) is 10.6 Å². The Morgan fingerprint density at radius 3 is 2.41 bits per heavy atom. The fourth-order valence-corrected chi connectivity index (χ4v) is 2.85. The molecule has 27 heavy (non-hydrogen) atoms. The fraction of sp³-hybridized carbons (Fsp3) is 0.526. The third-order valence-electron chi connectivity index (χ3n) is 3.94. The van der Waals surface area contributed by atoms with E-state index >= 15 is 0 Å². The number of rotatable bonds is 12. The number of ether oxygens (including phenoxy) is 1. The van der Waals surface area contributed by atoms with Gasteiger partial charge in [0, 0.05) is 0 Å². The van der Waals surface area contributed by atoms with Gasteiger partial charge in [0.05, 0.1) is 0 Å². The van der Waals surface area contributed by atoms with Gasteiger partial charge in [-0.2, -0.15) is 11.8 Å². The van der Waals surface area contributed by atoms with Crippen LogP contribution in [0.25, 0.3) is 0 Å². The van der Waals surface area contributed by atoms with Crippen LogP contribution < -0.4 is 16.4 Å². The largest absolute Gasteiger partial charge is 0.445 e. The Kier molecular flexibility index (Phi) is 11.0. The summed E-state index contributed by atoms with van der Waals surface area (Å²) in [6.07, 6.45) is 3.76. The first kappa shape index (κ1) is 22.8. The summed E-state index contributed by atoms with van der Waals surface area (Å²) in [4.78, 5) is 36.2. The molecule has 0 spiro atoms. The number of thioether (sulfide) groups is 1. The number of hydrogen-bond acceptors (Lipinski definition) is 5. The molecule has 0 aromatic heterocycles. The molecule has 0 bridgehead atoms. The molecule has 0 aliphatic rings. The zero-order valence-electron chi connectivity index (χ0n) is 15.9. The first-order valence-corrected chi connectivity index (χ1v) is 10.4. The number of unbranched alkanes of at least 4 members (excludes halogenated alkanes) is 1. The van der Waals surface area contributed by atoms with Crippen LogP contribution in [0.2, 0.25) is 0 Å². The number of primary amides is 1. The number of alkyl carbamates (subject to hydrolysis) is 1. The molecule has 0 saturated heterocycles. The average molecular weight is 396 g/mol. The van der Waals surface area contributed by atoms with E-state index in [1.54, 1.807) is 11.8 Å². The first-order valence-electron chi connectivity index (χ1n) is 9.03. The topological polar surface area (TPSA) is 111 Å². The maximum Gasteiger partial charge on any atom is 0.408 e. The van der Waals surface area contributed by atoms with Crippen molar-refractivity contribution in [3.63, 3.8) is 0 Å². The smallest absolute Gasteiger partial charge is 0.408 e. The van der Waals surface area contributed by atoms with Gasteiger partial charge in [0.25, 0.3) is 0 Å². The lowest BCUT2D eigenvalue weighted by Crippen LogP contribution is -2.53. The SMILES string of the molecule is CCCC[C@H](NC(=O)OCc1ccccc1)C(=O)N[C@@H](CCSC)C(N)=O. The van der Waals surface area contributed by atoms with Crippen molar-refractivity contribution in [2.75, 3.05) is 12.0 Å². The summed E-state index contributed by atoms with van der Waals surface area (Å²) in [5, 5.41) is 5.23. The molecule has 1 rings (SSSR count). The van der Waals surface area contributed by atoms with Crippen LogP contribution in [0.3, 0.4) is 0 Å². The minimum absolute atomic E-state index is 0.117. The average Bonchev–Trinajstić information content (AvgIpc) is 2.67. The normalized spacial score (nSPS) is 12.7. The quantitative estimate of drug-likeness (QED) is 0.502. The van der Waals surface area contributed by atoms with Crippen molar-refractivity contribution < 1.29 is 19.1 Å². The molecule has 1 aromatic carbocycles. The van der Waals surface area contributed by atoms with Crippen molar-refractivity contribution in [2.24, 2.45) is 5.73 Å². The summed E-state index contributed by atoms with van der Waals surface area (Å²) < 4.78 is 5.18. The number of nitrogens with two attached hydrogens (primary N) is 1. The summed E-state index contributed by atoms with van der Waals surface area (Å²) in [5.41, 5.74) is 6.22. The van der Waals surface area contributed by atoms with Gasteiger partial charge in [0.15, 0.2) is 0 Å². The molecule has 0 aliphatic carbocycles. The molecule has 4 N–H and O–H groups in total. The van der Waals surface area contributed by atoms with Crippen molar-refractivity contribution in [3.8, 4) is 0 Å². The van der Waals surface area contributed by atoms with Gasteiger partial charge >= 0.3 is 6.09 Å². The Bertz CT molecular complexity index is 598. The summed E-state index contributed by atoms with van der Waals surface area (Å²) in [5.74, 6) is -0.316. The summed E-state index contributed by atoms with van der Waals surface area (Å²) in [6.45, 7) is 2.11. The lowest BCUT2D eigenvalue weighted by Gasteiger charge is -2.21. The highest BCUT2D eigenvalue weighted by Gasteiger charge is 2.25. The maximum absolute atomic E-state index is 12.5. The molecule has 1 aromatic rings. The van der Waals surface area contributed by atoms with Gasteiger partial charge in [-0.25, -0.2) is 4.79 Å². The third kappa shape index (κ3) is 9.33. The Morgan fingerprint density at radius 2 is 1.81 bits per heavy atom. The predicted molar refractivity (Wildman–Crippen MR) is 107 cm³/mol. The van der Waals surface area contributed by atoms with Crippen LogP contribution in [-0.2, 0) is 20.9 Å². The lowest BCUT2D eigenvalue weighted by atomic mass is 10.1. The lowest BCUT2D eigenvalue weighted by molar-refractivity contribution is -0.128. The Hall–Kier alpha value is -2.22. The van der Waals surface area contributed by atoms with E-state index in [1.807, 2.05) is 43.5 Å². The van der Waals surface area contributed by atoms with Crippen LogP contribution in [0.15, 0.2) is 30.3 Å². The number of amides is 3. The minimum Gasteiger partial charge on any atom is -0.445 e. The number of carbonyl (C=O) groups is 3. The summed E-state index contributed by atoms with van der Waals surface area (Å²) >= 11 is 1.56. The molecule has 0 heterocycles. The van der Waals surface area contributed by atoms with Crippen LogP contribution >= 0.6 is 11.8 Å². The van der Waals surface area contributed by atoms with Crippen molar-refractivity contribution in [3.05, 3.63) is 35.9 Å². The van der Waals surface area contributed by atoms with Crippen molar-refractivity contribution in [1.82, 2.24) is 10.6 Å². The van der Waals surface area contributed by atoms with E-state index in [0.717, 1.165) is 18.4 Å². The van der Waals surface area contributed by atoms with Gasteiger partial charge in [0.1, 0.15) is 18.7 Å². The number of nitrogens with one attached hydrogen (secondary N) is 2. The van der Waals surface area contributed by atoms with Gasteiger partial charge in [-0.1, -0.05) is 50.1 Å². The summed E-state index contributed by atoms with van der Waals surface area (Å²) in [7, 11) is 0. The van der Waals surface area contributed by atoms with Crippen LogP contribution in [0.1, 0.15) is 38.2 Å². The molecular weight excluding hydrogens is 366 g/mol. The molecule has 8 heteroatoms. The van der Waals surface area contributed by atoms with E-state index < -0.39 is 30.0 Å². The predicted octanol–water partition coefficient (Wildman–Crippen LogP) is 2.19. The van der Waals surface area contributed by atoms with Crippen LogP contribution in [0.5, 0.6) is 0 Å². The van der Waals surface area contributed by atoms with Crippen LogP contribution in [0, 0.1) is 0 Å². The van der Waals surface area contributed by atoms with Crippen molar-refractivity contribution in [2.45, 2.75) is 51.3 Å². The molecule has 3 amide bonds. The standard InChI is InChI=1S/C19H29N3O4S/c1-3-4-10-16(18(24)21-15(17(20)23)11-12-27-2)22-19(25)26-13-14-8-6-5-7-9-14/h5-9,15-16H,3-4,10-13H2,1-2H3,(H2,20,23)(H,21,24)(H,22,25)/t15-,16-/m0/s1. The van der Waals surface area contributed by atoms with Gasteiger partial charge in [-0.15, -0.1) is 0 Å². The molecule has 0 radical (unpaired) electrons. The highest BCUT2D eigenvalue weighted by molar-refractivity contribution is 7.98. The minimum atomic E-state index is -0.774. The monoisotopic (exact) mass is 395 g/mol. The third-order valence-corrected chi connectivity index (χ3v) is 4.58. The van der Waals surface area contributed by atoms with Gasteiger partial charge in [-0.05, 0) is 30.4 Å². The fourth-order valence-electron chi connectivity index (χ4n) is 2.38. The van der Waals surface area contributed by atoms with Crippen LogP contribution in [0.4, 0.5) is 4.79 Å². The first-order chi connectivity index (χ1) is 13.0. The number of hydrogen-bond donors (Lipinski definition) is 3. The van der Waals surface area contributed by atoms with E-state index in [1.165, 1.54) is 0 Å². The summed E-state index contributed by atoms with van der Waals surface area (Å²) in [6, 6.07) is 7.75. The maximum atomic E-state index is 12.5. The Balaban J connectivity index is 2.62. The molecule has 0 fully saturated rings. The zero-order valence-corrected chi connectivity index (χ0v) is 16.7. The molecule has 150 valence electrons. The number of carbonyl (C=O) groups excluding carboxylic acids is 3. The van der Waals surface area contributed by atoms with Gasteiger partial charge in [0.2, 0.25) is 11.8 Å². The van der Waals surface area contributed by atoms with E-state index in [-0.39, 0.29) is 6.61 Å². The van der Waals surface area contributed by atoms with E-state index in [0.29, 0.717) is 18.6 Å². The zero-order chi connectivity index (χ0) is 20.1. The second-order valence-corrected chi connectivity index (χ2v) is 7.13. The van der Waals surface area contributed by atoms with E-state index in [4.69, 9.17) is 10.5 Å². The number of benzene rings is 1. The second kappa shape index (κ2) is 13.0. The van der Waals surface area contributed by atoms with Crippen molar-refractivity contribution in [1.29, 1.82) is 0 Å². The molecule has 0 saturated carbocycles. The molecule has 0 aliphatic heterocycles. The van der Waals surface area contributed by atoms with E-state index in [9.17, 15) is 14.4 Å².